The number of aromatic nitrogens is 3. The number of carbonyl (C=O) groups is 1. The Bertz CT molecular complexity index is 1320. The van der Waals surface area contributed by atoms with Crippen LogP contribution in [0.4, 0.5) is 0 Å². The van der Waals surface area contributed by atoms with Crippen LogP contribution in [0.25, 0.3) is 5.69 Å². The van der Waals surface area contributed by atoms with Crippen LogP contribution in [0.1, 0.15) is 42.5 Å². The minimum absolute atomic E-state index is 0.0752. The van der Waals surface area contributed by atoms with Gasteiger partial charge in [0.15, 0.2) is 16.8 Å². The first kappa shape index (κ1) is 25.3. The van der Waals surface area contributed by atoms with E-state index in [-0.39, 0.29) is 23.6 Å². The molecule has 5 nitrogen and oxygen atoms in total. The van der Waals surface area contributed by atoms with Crippen molar-refractivity contribution in [2.75, 3.05) is 5.75 Å². The van der Waals surface area contributed by atoms with Gasteiger partial charge >= 0.3 is 0 Å². The number of para-hydroxylation sites is 1. The molecular formula is C27H25Cl2N3O2S. The summed E-state index contributed by atoms with van der Waals surface area (Å²) in [5.41, 5.74) is 2.63. The molecule has 0 bridgehead atoms. The van der Waals surface area contributed by atoms with Gasteiger partial charge in [0.05, 0.1) is 10.8 Å². The third kappa shape index (κ3) is 6.26. The molecule has 0 saturated carbocycles. The fourth-order valence-electron chi connectivity index (χ4n) is 3.45. The summed E-state index contributed by atoms with van der Waals surface area (Å²) in [4.78, 5) is 12.8. The fraction of sp³-hybridized carbons (Fsp3) is 0.222. The number of ether oxygens (including phenoxy) is 1. The summed E-state index contributed by atoms with van der Waals surface area (Å²) in [5, 5.41) is 10.1. The van der Waals surface area contributed by atoms with E-state index in [1.54, 1.807) is 18.2 Å². The molecule has 0 N–H and O–H groups in total. The van der Waals surface area contributed by atoms with E-state index in [1.807, 2.05) is 47.0 Å². The average Bonchev–Trinajstić information content (AvgIpc) is 3.24. The maximum absolute atomic E-state index is 12.8. The smallest absolute Gasteiger partial charge is 0.196 e. The lowest BCUT2D eigenvalue weighted by atomic mass is 9.87. The summed E-state index contributed by atoms with van der Waals surface area (Å²) < 4.78 is 7.94. The third-order valence-corrected chi connectivity index (χ3v) is 6.84. The van der Waals surface area contributed by atoms with Crippen molar-refractivity contribution in [3.8, 4) is 11.4 Å². The molecule has 8 heteroatoms. The van der Waals surface area contributed by atoms with E-state index in [2.05, 4.69) is 43.1 Å². The van der Waals surface area contributed by atoms with Gasteiger partial charge in [0, 0.05) is 16.3 Å². The lowest BCUT2D eigenvalue weighted by Gasteiger charge is -2.19. The molecule has 0 saturated heterocycles. The van der Waals surface area contributed by atoms with Gasteiger partial charge < -0.3 is 4.74 Å². The second-order valence-electron chi connectivity index (χ2n) is 8.97. The largest absolute Gasteiger partial charge is 0.486 e. The van der Waals surface area contributed by atoms with Crippen LogP contribution in [-0.2, 0) is 12.0 Å². The maximum Gasteiger partial charge on any atom is 0.196 e. The second kappa shape index (κ2) is 10.9. The van der Waals surface area contributed by atoms with Crippen LogP contribution in [0.2, 0.25) is 10.0 Å². The molecule has 0 aliphatic heterocycles. The van der Waals surface area contributed by atoms with E-state index in [0.717, 1.165) is 11.4 Å². The summed E-state index contributed by atoms with van der Waals surface area (Å²) in [7, 11) is 0. The topological polar surface area (TPSA) is 57.0 Å². The van der Waals surface area contributed by atoms with E-state index in [0.29, 0.717) is 26.6 Å². The molecule has 3 aromatic carbocycles. The van der Waals surface area contributed by atoms with Crippen molar-refractivity contribution in [2.24, 2.45) is 0 Å². The first-order chi connectivity index (χ1) is 16.7. The molecule has 1 aromatic heterocycles. The summed E-state index contributed by atoms with van der Waals surface area (Å²) >= 11 is 13.5. The van der Waals surface area contributed by atoms with Gasteiger partial charge in [-0.05, 0) is 53.4 Å². The van der Waals surface area contributed by atoms with E-state index in [1.165, 1.54) is 17.3 Å². The highest BCUT2D eigenvalue weighted by atomic mass is 35.5. The Kier molecular flexibility index (Phi) is 7.85. The van der Waals surface area contributed by atoms with Gasteiger partial charge in [-0.3, -0.25) is 9.36 Å². The Morgan fingerprint density at radius 2 is 1.69 bits per heavy atom. The molecule has 4 aromatic rings. The normalized spacial score (nSPS) is 11.5. The number of hydrogen-bond donors (Lipinski definition) is 0. The van der Waals surface area contributed by atoms with E-state index in [9.17, 15) is 4.79 Å². The van der Waals surface area contributed by atoms with Crippen molar-refractivity contribution >= 4 is 40.7 Å². The third-order valence-electron chi connectivity index (χ3n) is 5.37. The van der Waals surface area contributed by atoms with Crippen molar-refractivity contribution in [1.29, 1.82) is 0 Å². The number of ketones is 1. The van der Waals surface area contributed by atoms with Gasteiger partial charge in [-0.1, -0.05) is 86.1 Å². The van der Waals surface area contributed by atoms with E-state index < -0.39 is 0 Å². The molecule has 0 aliphatic carbocycles. The predicted molar refractivity (Wildman–Crippen MR) is 142 cm³/mol. The van der Waals surface area contributed by atoms with Gasteiger partial charge in [0.25, 0.3) is 0 Å². The number of Topliss-reactive ketones (excluding diaryl/α,β-unsaturated/α-hetero) is 1. The monoisotopic (exact) mass is 525 g/mol. The molecular weight excluding hydrogens is 501 g/mol. The summed E-state index contributed by atoms with van der Waals surface area (Å²) in [6, 6.07) is 22.7. The van der Waals surface area contributed by atoms with Crippen LogP contribution >= 0.6 is 35.0 Å². The molecule has 0 spiro atoms. The molecule has 180 valence electrons. The number of benzene rings is 3. The van der Waals surface area contributed by atoms with Crippen molar-refractivity contribution < 1.29 is 9.53 Å². The molecule has 35 heavy (non-hydrogen) atoms. The lowest BCUT2D eigenvalue weighted by Crippen LogP contribution is -2.11. The van der Waals surface area contributed by atoms with Gasteiger partial charge in [-0.15, -0.1) is 10.2 Å². The summed E-state index contributed by atoms with van der Waals surface area (Å²) in [6.07, 6.45) is 0. The van der Waals surface area contributed by atoms with E-state index >= 15 is 0 Å². The van der Waals surface area contributed by atoms with Crippen molar-refractivity contribution in [2.45, 2.75) is 37.9 Å². The molecule has 0 fully saturated rings. The van der Waals surface area contributed by atoms with Crippen LogP contribution in [0.3, 0.4) is 0 Å². The minimum atomic E-state index is -0.115. The minimum Gasteiger partial charge on any atom is -0.486 e. The van der Waals surface area contributed by atoms with Crippen LogP contribution < -0.4 is 4.74 Å². The van der Waals surface area contributed by atoms with Crippen molar-refractivity contribution in [3.63, 3.8) is 0 Å². The molecule has 0 unspecified atom stereocenters. The van der Waals surface area contributed by atoms with Crippen LogP contribution in [0.15, 0.2) is 78.0 Å². The first-order valence-corrected chi connectivity index (χ1v) is 12.8. The Hall–Kier alpha value is -2.80. The van der Waals surface area contributed by atoms with Gasteiger partial charge in [0.1, 0.15) is 12.4 Å². The predicted octanol–water partition coefficient (Wildman–Crippen LogP) is 7.43. The molecule has 0 radical (unpaired) electrons. The zero-order valence-electron chi connectivity index (χ0n) is 19.7. The first-order valence-electron chi connectivity index (χ1n) is 11.1. The van der Waals surface area contributed by atoms with Crippen LogP contribution in [0, 0.1) is 0 Å². The zero-order valence-corrected chi connectivity index (χ0v) is 22.0. The fourth-order valence-corrected chi connectivity index (χ4v) is 4.81. The number of carbonyl (C=O) groups excluding carboxylic acids is 1. The standard InChI is InChI=1S/C27H25Cl2N3O2S/c1-27(2,3)18-9-12-21(13-10-18)34-16-25-30-31-26(32(25)20-7-5-4-6-8-20)35-17-24(33)22-14-11-19(28)15-23(22)29/h4-15H,16-17H2,1-3H3. The van der Waals surface area contributed by atoms with Gasteiger partial charge in [0.2, 0.25) is 0 Å². The van der Waals surface area contributed by atoms with Crippen molar-refractivity contribution in [1.82, 2.24) is 14.8 Å². The lowest BCUT2D eigenvalue weighted by molar-refractivity contribution is 0.102. The molecule has 0 atom stereocenters. The number of nitrogens with zero attached hydrogens (tertiary/aromatic N) is 3. The highest BCUT2D eigenvalue weighted by Gasteiger charge is 2.19. The number of rotatable bonds is 8. The highest BCUT2D eigenvalue weighted by molar-refractivity contribution is 7.99. The second-order valence-corrected chi connectivity index (χ2v) is 10.8. The summed E-state index contributed by atoms with van der Waals surface area (Å²) in [6.45, 7) is 6.76. The maximum atomic E-state index is 12.8. The van der Waals surface area contributed by atoms with Crippen molar-refractivity contribution in [3.05, 3.63) is 99.8 Å². The quantitative estimate of drug-likeness (QED) is 0.177. The molecule has 1 heterocycles. The Morgan fingerprint density at radius 3 is 2.34 bits per heavy atom. The van der Waals surface area contributed by atoms with Gasteiger partial charge in [-0.2, -0.15) is 0 Å². The van der Waals surface area contributed by atoms with Gasteiger partial charge in [-0.25, -0.2) is 0 Å². The van der Waals surface area contributed by atoms with E-state index in [4.69, 9.17) is 27.9 Å². The molecule has 0 aliphatic rings. The molecule has 0 amide bonds. The Labute approximate surface area is 219 Å². The summed E-state index contributed by atoms with van der Waals surface area (Å²) in [5.74, 6) is 1.43. The highest BCUT2D eigenvalue weighted by Crippen LogP contribution is 2.28. The number of hydrogen-bond acceptors (Lipinski definition) is 5. The number of thioether (sulfide) groups is 1. The molecule has 4 rings (SSSR count). The Morgan fingerprint density at radius 1 is 0.971 bits per heavy atom. The SMILES string of the molecule is CC(C)(C)c1ccc(OCc2nnc(SCC(=O)c3ccc(Cl)cc3Cl)n2-c2ccccc2)cc1. The zero-order chi connectivity index (χ0) is 25.0. The number of halogens is 2. The van der Waals surface area contributed by atoms with Crippen LogP contribution in [0.5, 0.6) is 5.75 Å². The average molecular weight is 526 g/mol. The van der Waals surface area contributed by atoms with Crippen LogP contribution in [-0.4, -0.2) is 26.3 Å². The Balaban J connectivity index is 1.53.